The average Bonchev–Trinajstić information content (AvgIpc) is 4.20. The molecule has 0 fully saturated rings. The summed E-state index contributed by atoms with van der Waals surface area (Å²) >= 11 is 0. The molecule has 3 heterocycles. The molecule has 32 nitrogen and oxygen atoms in total. The predicted molar refractivity (Wildman–Crippen MR) is 265 cm³/mol. The van der Waals surface area contributed by atoms with Crippen LogP contribution in [-0.2, 0) is 111 Å². The van der Waals surface area contributed by atoms with Crippen LogP contribution in [0.3, 0.4) is 0 Å². The Hall–Kier alpha value is -7.27. The van der Waals surface area contributed by atoms with E-state index in [1.165, 1.54) is 67.7 Å². The number of amides is 6. The van der Waals surface area contributed by atoms with Gasteiger partial charge in [0, 0.05) is 47.1 Å². The third-order valence-corrected chi connectivity index (χ3v) is 9.98. The summed E-state index contributed by atoms with van der Waals surface area (Å²) in [5.74, 6) is -3.12. The van der Waals surface area contributed by atoms with Gasteiger partial charge in [-0.2, -0.15) is 15.2 Å². The SMILES string of the molecule is CC(=O)N(OCc1cn(CCOCCOCCOc2cc(C(=O)CN)cc(OCCOCCOCCn3cc(CON(C(C)=O)C(C)=O)nn3)c2OCCOCCOCCn2cc(CON(C(C)=O)C(C)=O)nn2)nn1)C(C)=O. The number of nitrogens with two attached hydrogens (primary N) is 1. The number of aromatic nitrogens is 9. The van der Waals surface area contributed by atoms with Gasteiger partial charge in [0.2, 0.25) is 41.2 Å². The van der Waals surface area contributed by atoms with E-state index in [1.807, 2.05) is 0 Å². The van der Waals surface area contributed by atoms with Gasteiger partial charge in [-0.25, -0.2) is 14.0 Å². The Balaban J connectivity index is 1.22. The van der Waals surface area contributed by atoms with Crippen LogP contribution in [0.5, 0.6) is 17.2 Å². The maximum Gasteiger partial charge on any atom is 0.250 e. The van der Waals surface area contributed by atoms with Crippen molar-refractivity contribution in [2.75, 3.05) is 106 Å². The number of carbonyl (C=O) groups excluding carboxylic acids is 7. The fraction of sp³-hybridized carbons (Fsp3) is 0.596. The molecule has 1 aromatic carbocycles. The van der Waals surface area contributed by atoms with E-state index in [0.29, 0.717) is 51.9 Å². The van der Waals surface area contributed by atoms with Crippen LogP contribution in [0.4, 0.5) is 0 Å². The summed E-state index contributed by atoms with van der Waals surface area (Å²) in [5, 5.41) is 25.8. The average molecular weight is 1120 g/mol. The summed E-state index contributed by atoms with van der Waals surface area (Å²) in [4.78, 5) is 97.9. The van der Waals surface area contributed by atoms with Crippen molar-refractivity contribution >= 4 is 41.2 Å². The molecule has 0 unspecified atom stereocenters. The molecule has 0 atom stereocenters. The number of imide groups is 3. The molecule has 0 saturated heterocycles. The van der Waals surface area contributed by atoms with E-state index in [0.717, 1.165) is 0 Å². The summed E-state index contributed by atoms with van der Waals surface area (Å²) in [6, 6.07) is 3.02. The fourth-order valence-electron chi connectivity index (χ4n) is 6.42. The first-order valence-electron chi connectivity index (χ1n) is 24.8. The molecule has 3 aromatic heterocycles. The first-order valence-corrected chi connectivity index (χ1v) is 24.8. The topological polar surface area (TPSA) is 358 Å². The molecular weight excluding hydrogens is 1050 g/mol. The lowest BCUT2D eigenvalue weighted by Gasteiger charge is -2.19. The first kappa shape index (κ1) is 64.3. The second-order valence-electron chi connectivity index (χ2n) is 16.4. The monoisotopic (exact) mass is 1120 g/mol. The highest BCUT2D eigenvalue weighted by Gasteiger charge is 2.21. The number of carbonyl (C=O) groups is 7. The summed E-state index contributed by atoms with van der Waals surface area (Å²) in [5.41, 5.74) is 7.20. The molecule has 4 aromatic rings. The van der Waals surface area contributed by atoms with Crippen molar-refractivity contribution in [3.63, 3.8) is 0 Å². The number of ketones is 1. The summed E-state index contributed by atoms with van der Waals surface area (Å²) < 4.78 is 57.1. The molecule has 436 valence electrons. The van der Waals surface area contributed by atoms with Gasteiger partial charge in [-0.05, 0) is 12.1 Å². The molecule has 0 spiro atoms. The second-order valence-corrected chi connectivity index (χ2v) is 16.4. The third kappa shape index (κ3) is 24.5. The zero-order chi connectivity index (χ0) is 57.4. The van der Waals surface area contributed by atoms with Crippen LogP contribution < -0.4 is 19.9 Å². The summed E-state index contributed by atoms with van der Waals surface area (Å²) in [7, 11) is 0. The highest BCUT2D eigenvalue weighted by molar-refractivity contribution is 5.98. The molecule has 0 aliphatic carbocycles. The van der Waals surface area contributed by atoms with E-state index >= 15 is 0 Å². The van der Waals surface area contributed by atoms with E-state index in [9.17, 15) is 33.6 Å². The highest BCUT2D eigenvalue weighted by Crippen LogP contribution is 2.39. The lowest BCUT2D eigenvalue weighted by molar-refractivity contribution is -0.197. The van der Waals surface area contributed by atoms with Crippen LogP contribution in [-0.4, -0.2) is 207 Å². The lowest BCUT2D eigenvalue weighted by Crippen LogP contribution is -2.33. The number of ether oxygens (including phenoxy) is 9. The summed E-state index contributed by atoms with van der Waals surface area (Å²) in [6.07, 6.45) is 4.82. The quantitative estimate of drug-likeness (QED) is 0.0330. The predicted octanol–water partition coefficient (Wildman–Crippen LogP) is -0.581. The minimum Gasteiger partial charge on any atom is -0.487 e. The Labute approximate surface area is 454 Å². The van der Waals surface area contributed by atoms with Gasteiger partial charge in [0.05, 0.1) is 124 Å². The van der Waals surface area contributed by atoms with Gasteiger partial charge >= 0.3 is 0 Å². The van der Waals surface area contributed by atoms with E-state index in [-0.39, 0.29) is 154 Å². The van der Waals surface area contributed by atoms with Gasteiger partial charge in [0.25, 0.3) is 0 Å². The Morgan fingerprint density at radius 3 is 0.987 bits per heavy atom. The number of benzene rings is 1. The van der Waals surface area contributed by atoms with Crippen LogP contribution >= 0.6 is 0 Å². The van der Waals surface area contributed by atoms with Gasteiger partial charge < -0.3 is 48.4 Å². The minimum atomic E-state index is -0.556. The van der Waals surface area contributed by atoms with Crippen molar-refractivity contribution in [2.24, 2.45) is 5.73 Å². The number of nitrogens with zero attached hydrogens (tertiary/aromatic N) is 12. The van der Waals surface area contributed by atoms with Crippen molar-refractivity contribution in [2.45, 2.75) is 81.0 Å². The number of hydrogen-bond acceptors (Lipinski definition) is 26. The van der Waals surface area contributed by atoms with Gasteiger partial charge in [-0.15, -0.1) is 15.3 Å². The van der Waals surface area contributed by atoms with Gasteiger partial charge in [-0.1, -0.05) is 15.6 Å². The molecule has 0 saturated carbocycles. The van der Waals surface area contributed by atoms with Crippen molar-refractivity contribution in [3.05, 3.63) is 53.4 Å². The molecule has 0 aliphatic heterocycles. The van der Waals surface area contributed by atoms with E-state index < -0.39 is 35.4 Å². The largest absolute Gasteiger partial charge is 0.487 e. The number of Topliss-reactive ketones (excluding diaryl/α,β-unsaturated/α-hetero) is 1. The van der Waals surface area contributed by atoms with E-state index in [4.69, 9.17) is 62.9 Å². The molecule has 2 N–H and O–H groups in total. The van der Waals surface area contributed by atoms with Crippen LogP contribution in [0.1, 0.15) is 69.0 Å². The van der Waals surface area contributed by atoms with Crippen LogP contribution in [0.2, 0.25) is 0 Å². The molecule has 0 bridgehead atoms. The molecular formula is C47H69N13O19. The van der Waals surface area contributed by atoms with Crippen LogP contribution in [0, 0.1) is 0 Å². The molecule has 79 heavy (non-hydrogen) atoms. The maximum atomic E-state index is 12.9. The van der Waals surface area contributed by atoms with Crippen molar-refractivity contribution in [3.8, 4) is 17.2 Å². The molecule has 0 aliphatic rings. The standard InChI is InChI=1S/C47H69N13O19/c1-34(61)58(35(2)62)77-31-41-28-55(52-49-41)7-10-68-13-16-71-19-22-74-45-25-40(44(67)27-48)26-46(75-23-20-72-17-14-69-11-8-56-29-42(50-53-56)32-78-59(36(3)63)37(4)64)47(45)76-24-21-73-18-15-70-12-9-57-30-43(51-54-57)33-79-60(38(5)65)39(6)66/h25-26,28-30H,7-24,27,31-33,48H2,1-6H3. The van der Waals surface area contributed by atoms with Crippen LogP contribution in [0.15, 0.2) is 30.7 Å². The first-order chi connectivity index (χ1) is 38.1. The van der Waals surface area contributed by atoms with Gasteiger partial charge in [0.1, 0.15) is 56.7 Å². The smallest absolute Gasteiger partial charge is 0.250 e. The Morgan fingerprint density at radius 1 is 0.418 bits per heavy atom. The van der Waals surface area contributed by atoms with Gasteiger partial charge in [0.15, 0.2) is 17.3 Å². The van der Waals surface area contributed by atoms with Crippen molar-refractivity contribution < 1.29 is 90.7 Å². The lowest BCUT2D eigenvalue weighted by atomic mass is 10.1. The zero-order valence-corrected chi connectivity index (χ0v) is 45.1. The maximum absolute atomic E-state index is 12.9. The van der Waals surface area contributed by atoms with E-state index in [2.05, 4.69) is 30.9 Å². The van der Waals surface area contributed by atoms with Crippen LogP contribution in [0.25, 0.3) is 0 Å². The number of hydrogen-bond donors (Lipinski definition) is 1. The second kappa shape index (κ2) is 36.0. The Morgan fingerprint density at radius 2 is 0.696 bits per heavy atom. The van der Waals surface area contributed by atoms with Crippen molar-refractivity contribution in [1.82, 2.24) is 60.2 Å². The fourth-order valence-corrected chi connectivity index (χ4v) is 6.42. The Kier molecular flexibility index (Phi) is 29.3. The zero-order valence-electron chi connectivity index (χ0n) is 45.1. The highest BCUT2D eigenvalue weighted by atomic mass is 16.7. The normalized spacial score (nSPS) is 11.1. The summed E-state index contributed by atoms with van der Waals surface area (Å²) in [6.45, 7) is 10.6. The van der Waals surface area contributed by atoms with E-state index in [1.54, 1.807) is 18.6 Å². The number of hydroxylamine groups is 6. The molecule has 0 radical (unpaired) electrons. The molecule has 32 heteroatoms. The molecule has 4 rings (SSSR count). The Bertz CT molecular complexity index is 2380. The number of rotatable bonds is 41. The minimum absolute atomic E-state index is 0.0526. The van der Waals surface area contributed by atoms with Crippen molar-refractivity contribution in [1.29, 1.82) is 0 Å². The third-order valence-electron chi connectivity index (χ3n) is 9.98. The molecule has 6 amide bonds. The van der Waals surface area contributed by atoms with Gasteiger partial charge in [-0.3, -0.25) is 48.1 Å².